The number of ether oxygens (including phenoxy) is 1. The van der Waals surface area contributed by atoms with Crippen LogP contribution in [0.1, 0.15) is 51.0 Å². The zero-order valence-electron chi connectivity index (χ0n) is 18.1. The van der Waals surface area contributed by atoms with Gasteiger partial charge in [0.15, 0.2) is 0 Å². The van der Waals surface area contributed by atoms with Crippen molar-refractivity contribution in [3.05, 3.63) is 48.6 Å². The third kappa shape index (κ3) is 4.01. The number of carbonyl (C=O) groups is 1. The number of aliphatic hydroxyl groups is 1. The molecule has 1 aromatic carbocycles. The van der Waals surface area contributed by atoms with Gasteiger partial charge in [0.25, 0.3) is 0 Å². The number of hydrogen-bond donors (Lipinski definition) is 1. The number of nitrogens with zero attached hydrogens (tertiary/aromatic N) is 1. The first-order chi connectivity index (χ1) is 14.4. The molecule has 3 aliphatic rings. The summed E-state index contributed by atoms with van der Waals surface area (Å²) in [6.07, 6.45) is 7.45. The third-order valence-corrected chi connectivity index (χ3v) is 7.98. The van der Waals surface area contributed by atoms with E-state index in [4.69, 9.17) is 4.74 Å². The van der Waals surface area contributed by atoms with Gasteiger partial charge in [0.2, 0.25) is 0 Å². The number of carbonyl (C=O) groups excluding carboxylic acids is 1. The van der Waals surface area contributed by atoms with Crippen LogP contribution in [0.3, 0.4) is 0 Å². The number of likely N-dealkylation sites (tertiary alicyclic amines) is 1. The molecule has 2 saturated carbocycles. The van der Waals surface area contributed by atoms with Crippen molar-refractivity contribution in [2.24, 2.45) is 17.8 Å². The standard InChI is InChI=1S/C25H34BNO3/c1-3-23(28)30-21-15-27(16-21)22(26)14-25(19-7-5-4-6-8-19)12-11-17(2)24(29)18-9-10-20(25)13-18/h3-8,17-18,20-21,24,26,29H,1,9-16H2,2H3/t17?,18?,20?,24-,25?/m1/s1. The molecule has 2 bridgehead atoms. The molecule has 4 rings (SSSR count). The molecule has 160 valence electrons. The van der Waals surface area contributed by atoms with Crippen LogP contribution in [0.4, 0.5) is 0 Å². The van der Waals surface area contributed by atoms with E-state index >= 15 is 0 Å². The van der Waals surface area contributed by atoms with Gasteiger partial charge >= 0.3 is 181 Å². The summed E-state index contributed by atoms with van der Waals surface area (Å²) in [6.45, 7) is 7.11. The van der Waals surface area contributed by atoms with Gasteiger partial charge in [-0.05, 0) is 0 Å². The van der Waals surface area contributed by atoms with E-state index in [1.54, 1.807) is 0 Å². The monoisotopic (exact) mass is 407 g/mol. The Hall–Kier alpha value is -1.88. The Kier molecular flexibility index (Phi) is 6.20. The van der Waals surface area contributed by atoms with Gasteiger partial charge < -0.3 is 0 Å². The second-order valence-electron chi connectivity index (χ2n) is 9.71. The van der Waals surface area contributed by atoms with E-state index in [9.17, 15) is 9.90 Å². The molecule has 4 unspecified atom stereocenters. The van der Waals surface area contributed by atoms with E-state index < -0.39 is 0 Å². The van der Waals surface area contributed by atoms with Gasteiger partial charge in [-0.2, -0.15) is 0 Å². The van der Waals surface area contributed by atoms with Crippen molar-refractivity contribution < 1.29 is 14.6 Å². The molecule has 1 heterocycles. The molecular formula is C25H34BNO3. The SMILES string of the molecule is B=C(CC1(c2ccccc2)CCC(C)[C@@H](O)C2CCC1C2)N1CC(OC(=O)C=C)C1. The summed E-state index contributed by atoms with van der Waals surface area (Å²) < 4.78 is 5.36. The molecule has 0 amide bonds. The first kappa shape index (κ1) is 21.4. The number of esters is 1. The molecule has 1 aliphatic heterocycles. The Morgan fingerprint density at radius 1 is 1.30 bits per heavy atom. The summed E-state index contributed by atoms with van der Waals surface area (Å²) in [4.78, 5) is 13.7. The van der Waals surface area contributed by atoms with E-state index in [1.807, 2.05) is 0 Å². The molecule has 4 nitrogen and oxygen atoms in total. The van der Waals surface area contributed by atoms with Crippen LogP contribution < -0.4 is 0 Å². The molecule has 5 heteroatoms. The normalized spacial score (nSPS) is 33.8. The Morgan fingerprint density at radius 2 is 2.03 bits per heavy atom. The van der Waals surface area contributed by atoms with Crippen LogP contribution in [0, 0.1) is 17.8 Å². The van der Waals surface area contributed by atoms with Crippen LogP contribution in [0.2, 0.25) is 0 Å². The summed E-state index contributed by atoms with van der Waals surface area (Å²) in [5.74, 6) is 0.973. The summed E-state index contributed by atoms with van der Waals surface area (Å²) >= 11 is 0. The van der Waals surface area contributed by atoms with Crippen molar-refractivity contribution in [1.82, 2.24) is 4.90 Å². The molecule has 1 saturated heterocycles. The van der Waals surface area contributed by atoms with Gasteiger partial charge in [-0.15, -0.1) is 0 Å². The van der Waals surface area contributed by atoms with Crippen molar-refractivity contribution in [2.45, 2.75) is 63.1 Å². The van der Waals surface area contributed by atoms with Crippen molar-refractivity contribution in [2.75, 3.05) is 13.1 Å². The van der Waals surface area contributed by atoms with E-state index in [1.165, 1.54) is 18.1 Å². The molecule has 2 aliphatic carbocycles. The van der Waals surface area contributed by atoms with Crippen LogP contribution in [0.5, 0.6) is 0 Å². The molecular weight excluding hydrogens is 373 g/mol. The molecule has 0 radical (unpaired) electrons. The summed E-state index contributed by atoms with van der Waals surface area (Å²) in [5, 5.41) is 10.8. The van der Waals surface area contributed by atoms with E-state index in [-0.39, 0.29) is 23.6 Å². The van der Waals surface area contributed by atoms with Crippen molar-refractivity contribution >= 4 is 19.0 Å². The average molecular weight is 407 g/mol. The molecule has 0 aromatic heterocycles. The third-order valence-electron chi connectivity index (χ3n) is 7.98. The number of benzene rings is 1. The van der Waals surface area contributed by atoms with Gasteiger partial charge in [0, 0.05) is 0 Å². The van der Waals surface area contributed by atoms with Crippen LogP contribution in [-0.2, 0) is 14.9 Å². The van der Waals surface area contributed by atoms with Crippen molar-refractivity contribution in [1.29, 1.82) is 0 Å². The second-order valence-corrected chi connectivity index (χ2v) is 9.71. The zero-order valence-corrected chi connectivity index (χ0v) is 18.1. The van der Waals surface area contributed by atoms with E-state index in [0.29, 0.717) is 30.8 Å². The number of rotatable bonds is 6. The Labute approximate surface area is 181 Å². The van der Waals surface area contributed by atoms with Gasteiger partial charge in [-0.25, -0.2) is 0 Å². The fourth-order valence-electron chi connectivity index (χ4n) is 6.10. The maximum absolute atomic E-state index is 11.5. The fraction of sp³-hybridized carbons (Fsp3) is 0.600. The maximum atomic E-state index is 11.5. The average Bonchev–Trinajstić information content (AvgIpc) is 3.23. The molecule has 30 heavy (non-hydrogen) atoms. The number of hydrogen-bond acceptors (Lipinski definition) is 4. The second kappa shape index (κ2) is 8.70. The van der Waals surface area contributed by atoms with Crippen LogP contribution >= 0.6 is 0 Å². The van der Waals surface area contributed by atoms with Crippen LogP contribution in [0.15, 0.2) is 43.0 Å². The predicted octanol–water partition coefficient (Wildman–Crippen LogP) is 2.97. The molecule has 3 fully saturated rings. The zero-order chi connectivity index (χ0) is 21.3. The topological polar surface area (TPSA) is 49.8 Å². The molecule has 0 spiro atoms. The fourth-order valence-corrected chi connectivity index (χ4v) is 6.10. The minimum atomic E-state index is -0.351. The molecule has 1 N–H and O–H groups in total. The van der Waals surface area contributed by atoms with Gasteiger partial charge in [0.1, 0.15) is 0 Å². The Balaban J connectivity index is 1.55. The Bertz CT molecular complexity index is 791. The van der Waals surface area contributed by atoms with Gasteiger partial charge in [0.05, 0.1) is 0 Å². The minimum absolute atomic E-state index is 0.0599. The van der Waals surface area contributed by atoms with Crippen LogP contribution in [0.25, 0.3) is 0 Å². The molecule has 5 atom stereocenters. The van der Waals surface area contributed by atoms with Crippen molar-refractivity contribution in [3.63, 3.8) is 0 Å². The van der Waals surface area contributed by atoms with Crippen LogP contribution in [-0.4, -0.2) is 54.3 Å². The first-order valence-electron chi connectivity index (χ1n) is 11.4. The van der Waals surface area contributed by atoms with Gasteiger partial charge in [-0.1, -0.05) is 0 Å². The van der Waals surface area contributed by atoms with Crippen molar-refractivity contribution in [3.8, 4) is 0 Å². The van der Waals surface area contributed by atoms with Gasteiger partial charge in [-0.3, -0.25) is 0 Å². The predicted molar refractivity (Wildman–Crippen MR) is 122 cm³/mol. The Morgan fingerprint density at radius 3 is 2.73 bits per heavy atom. The number of aliphatic hydroxyl groups excluding tert-OH is 1. The molecule has 1 aromatic rings. The number of fused-ring (bicyclic) bond motifs is 2. The van der Waals surface area contributed by atoms with E-state index in [0.717, 1.165) is 37.7 Å². The summed E-state index contributed by atoms with van der Waals surface area (Å²) in [6, 6.07) is 11.0. The summed E-state index contributed by atoms with van der Waals surface area (Å²) in [7, 11) is 4.46. The quantitative estimate of drug-likeness (QED) is 0.448. The summed E-state index contributed by atoms with van der Waals surface area (Å²) in [5.41, 5.74) is 2.61. The van der Waals surface area contributed by atoms with E-state index in [2.05, 4.69) is 56.2 Å². The first-order valence-corrected chi connectivity index (χ1v) is 11.4.